The van der Waals surface area contributed by atoms with E-state index in [9.17, 15) is 18.0 Å². The normalized spacial score (nSPS) is 12.6. The van der Waals surface area contributed by atoms with E-state index < -0.39 is 17.2 Å². The number of benzene rings is 1. The third kappa shape index (κ3) is 2.55. The molecule has 0 saturated heterocycles. The lowest BCUT2D eigenvalue weighted by molar-refractivity contribution is -0.138. The monoisotopic (exact) mass is 250 g/mol. The van der Waals surface area contributed by atoms with Crippen LogP contribution in [0.3, 0.4) is 0 Å². The summed E-state index contributed by atoms with van der Waals surface area (Å²) in [6.45, 7) is 2.86. The molecule has 1 aromatic rings. The zero-order valence-corrected chi connectivity index (χ0v) is 9.49. The average Bonchev–Trinajstić information content (AvgIpc) is 2.16. The molecule has 0 amide bonds. The molecule has 88 valence electrons. The topological polar surface area (TPSA) is 17.1 Å². The number of aldehydes is 1. The van der Waals surface area contributed by atoms with Crippen molar-refractivity contribution in [1.29, 1.82) is 0 Å². The fraction of sp³-hybridized carbons (Fsp3) is 0.364. The lowest BCUT2D eigenvalue weighted by Gasteiger charge is -2.22. The summed E-state index contributed by atoms with van der Waals surface area (Å²) in [6, 6.07) is 3.42. The van der Waals surface area contributed by atoms with Crippen molar-refractivity contribution in [3.05, 3.63) is 34.3 Å². The van der Waals surface area contributed by atoms with Crippen molar-refractivity contribution in [2.75, 3.05) is 0 Å². The van der Waals surface area contributed by atoms with Gasteiger partial charge in [0, 0.05) is 10.4 Å². The standard InChI is InChI=1S/C11H10ClF3O/c1-10(2,6-16)8-4-3-7(12)5-9(8)11(13,14)15/h3-6H,1-2H3. The minimum Gasteiger partial charge on any atom is -0.302 e. The summed E-state index contributed by atoms with van der Waals surface area (Å²) in [5, 5.41) is -0.00206. The van der Waals surface area contributed by atoms with Gasteiger partial charge in [-0.25, -0.2) is 0 Å². The Hall–Kier alpha value is -1.03. The van der Waals surface area contributed by atoms with Crippen molar-refractivity contribution in [2.24, 2.45) is 0 Å². The maximum Gasteiger partial charge on any atom is 0.416 e. The first-order valence-electron chi connectivity index (χ1n) is 4.52. The molecule has 0 N–H and O–H groups in total. The third-order valence-electron chi connectivity index (χ3n) is 2.28. The van der Waals surface area contributed by atoms with Gasteiger partial charge in [0.05, 0.1) is 5.56 Å². The van der Waals surface area contributed by atoms with E-state index in [1.807, 2.05) is 0 Å². The molecule has 0 fully saturated rings. The van der Waals surface area contributed by atoms with Crippen molar-refractivity contribution in [2.45, 2.75) is 25.4 Å². The first-order chi connectivity index (χ1) is 7.18. The number of alkyl halides is 3. The summed E-state index contributed by atoms with van der Waals surface area (Å²) >= 11 is 5.53. The van der Waals surface area contributed by atoms with E-state index in [0.717, 1.165) is 6.07 Å². The minimum absolute atomic E-state index is 0.00206. The summed E-state index contributed by atoms with van der Waals surface area (Å²) in [6.07, 6.45) is -4.02. The second kappa shape index (κ2) is 4.09. The zero-order chi connectivity index (χ0) is 12.6. The predicted octanol–water partition coefficient (Wildman–Crippen LogP) is 3.84. The number of carbonyl (C=O) groups is 1. The van der Waals surface area contributed by atoms with Crippen LogP contribution in [0.15, 0.2) is 18.2 Å². The second-order valence-corrected chi connectivity index (χ2v) is 4.46. The molecule has 0 unspecified atom stereocenters. The van der Waals surface area contributed by atoms with Crippen molar-refractivity contribution in [1.82, 2.24) is 0 Å². The van der Waals surface area contributed by atoms with Gasteiger partial charge in [-0.3, -0.25) is 0 Å². The highest BCUT2D eigenvalue weighted by Gasteiger charge is 2.37. The van der Waals surface area contributed by atoms with Gasteiger partial charge in [0.15, 0.2) is 0 Å². The summed E-state index contributed by atoms with van der Waals surface area (Å²) in [4.78, 5) is 10.8. The fourth-order valence-electron chi connectivity index (χ4n) is 1.38. The van der Waals surface area contributed by atoms with Crippen molar-refractivity contribution in [3.8, 4) is 0 Å². The molecule has 1 nitrogen and oxygen atoms in total. The minimum atomic E-state index is -4.51. The van der Waals surface area contributed by atoms with E-state index in [2.05, 4.69) is 0 Å². The van der Waals surface area contributed by atoms with E-state index >= 15 is 0 Å². The Bertz CT molecular complexity index is 410. The van der Waals surface area contributed by atoms with Gasteiger partial charge in [0.2, 0.25) is 0 Å². The maximum atomic E-state index is 12.7. The Labute approximate surface area is 96.2 Å². The Morgan fingerprint density at radius 2 is 1.75 bits per heavy atom. The highest BCUT2D eigenvalue weighted by Crippen LogP contribution is 2.38. The van der Waals surface area contributed by atoms with Crippen molar-refractivity contribution >= 4 is 17.9 Å². The van der Waals surface area contributed by atoms with Gasteiger partial charge < -0.3 is 4.79 Å². The summed E-state index contributed by atoms with van der Waals surface area (Å²) in [7, 11) is 0. The predicted molar refractivity (Wildman–Crippen MR) is 55.5 cm³/mol. The molecule has 1 rings (SSSR count). The van der Waals surface area contributed by atoms with Crippen LogP contribution < -0.4 is 0 Å². The first kappa shape index (κ1) is 13.0. The quantitative estimate of drug-likeness (QED) is 0.729. The number of carbonyl (C=O) groups excluding carboxylic acids is 1. The number of halogens is 4. The molecule has 0 saturated carbocycles. The fourth-order valence-corrected chi connectivity index (χ4v) is 1.55. The van der Waals surface area contributed by atoms with Gasteiger partial charge in [-0.15, -0.1) is 0 Å². The second-order valence-electron chi connectivity index (χ2n) is 4.03. The van der Waals surface area contributed by atoms with Gasteiger partial charge in [-0.1, -0.05) is 17.7 Å². The Morgan fingerprint density at radius 3 is 2.19 bits per heavy atom. The van der Waals surface area contributed by atoms with Gasteiger partial charge >= 0.3 is 6.18 Å². The van der Waals surface area contributed by atoms with Crippen LogP contribution in [-0.2, 0) is 16.4 Å². The molecule has 0 bridgehead atoms. The van der Waals surface area contributed by atoms with Crippen LogP contribution in [0.5, 0.6) is 0 Å². The van der Waals surface area contributed by atoms with Crippen LogP contribution in [0, 0.1) is 0 Å². The SMILES string of the molecule is CC(C)(C=O)c1ccc(Cl)cc1C(F)(F)F. The van der Waals surface area contributed by atoms with Gasteiger partial charge in [0.25, 0.3) is 0 Å². The van der Waals surface area contributed by atoms with E-state index in [1.54, 1.807) is 0 Å². The van der Waals surface area contributed by atoms with Gasteiger partial charge in [-0.2, -0.15) is 13.2 Å². The molecule has 1 aromatic carbocycles. The van der Waals surface area contributed by atoms with Crippen LogP contribution >= 0.6 is 11.6 Å². The molecule has 16 heavy (non-hydrogen) atoms. The number of hydrogen-bond acceptors (Lipinski definition) is 1. The largest absolute Gasteiger partial charge is 0.416 e. The number of hydrogen-bond donors (Lipinski definition) is 0. The van der Waals surface area contributed by atoms with Crippen LogP contribution in [0.2, 0.25) is 5.02 Å². The molecule has 0 heterocycles. The molecule has 0 aliphatic rings. The van der Waals surface area contributed by atoms with Gasteiger partial charge in [0.1, 0.15) is 6.29 Å². The Balaban J connectivity index is 3.46. The third-order valence-corrected chi connectivity index (χ3v) is 2.51. The molecule has 0 atom stereocenters. The van der Waals surface area contributed by atoms with E-state index in [4.69, 9.17) is 11.6 Å². The van der Waals surface area contributed by atoms with Gasteiger partial charge in [-0.05, 0) is 31.5 Å². The Kier molecular flexibility index (Phi) is 3.33. The maximum absolute atomic E-state index is 12.7. The molecule has 0 radical (unpaired) electrons. The first-order valence-corrected chi connectivity index (χ1v) is 4.90. The lowest BCUT2D eigenvalue weighted by Crippen LogP contribution is -2.24. The van der Waals surface area contributed by atoms with E-state index in [1.165, 1.54) is 26.0 Å². The molecular formula is C11H10ClF3O. The Morgan fingerprint density at radius 1 is 1.19 bits per heavy atom. The molecule has 0 aliphatic carbocycles. The van der Waals surface area contributed by atoms with Crippen LogP contribution in [-0.4, -0.2) is 6.29 Å². The van der Waals surface area contributed by atoms with Crippen molar-refractivity contribution < 1.29 is 18.0 Å². The number of rotatable bonds is 2. The summed E-state index contributed by atoms with van der Waals surface area (Å²) in [5.74, 6) is 0. The zero-order valence-electron chi connectivity index (χ0n) is 8.73. The molecule has 5 heteroatoms. The summed E-state index contributed by atoms with van der Waals surface area (Å²) in [5.41, 5.74) is -2.12. The molecular weight excluding hydrogens is 241 g/mol. The highest BCUT2D eigenvalue weighted by molar-refractivity contribution is 6.30. The molecule has 0 aromatic heterocycles. The van der Waals surface area contributed by atoms with E-state index in [0.29, 0.717) is 6.29 Å². The smallest absolute Gasteiger partial charge is 0.302 e. The lowest BCUT2D eigenvalue weighted by atomic mass is 9.83. The summed E-state index contributed by atoms with van der Waals surface area (Å²) < 4.78 is 38.2. The molecule has 0 spiro atoms. The molecule has 0 aliphatic heterocycles. The van der Waals surface area contributed by atoms with Crippen molar-refractivity contribution in [3.63, 3.8) is 0 Å². The van der Waals surface area contributed by atoms with E-state index in [-0.39, 0.29) is 10.6 Å². The average molecular weight is 251 g/mol. The van der Waals surface area contributed by atoms with Crippen LogP contribution in [0.1, 0.15) is 25.0 Å². The van der Waals surface area contributed by atoms with Crippen LogP contribution in [0.4, 0.5) is 13.2 Å². The van der Waals surface area contributed by atoms with Crippen LogP contribution in [0.25, 0.3) is 0 Å². The highest BCUT2D eigenvalue weighted by atomic mass is 35.5.